The lowest BCUT2D eigenvalue weighted by molar-refractivity contribution is -0.0435. The number of anilines is 1. The number of sulfone groups is 1. The van der Waals surface area contributed by atoms with Crippen molar-refractivity contribution in [1.82, 2.24) is 0 Å². The van der Waals surface area contributed by atoms with Gasteiger partial charge in [-0.25, -0.2) is 8.42 Å². The van der Waals surface area contributed by atoms with Gasteiger partial charge in [-0.2, -0.15) is 13.2 Å². The molecule has 0 saturated carbocycles. The van der Waals surface area contributed by atoms with Crippen LogP contribution in [0, 0.1) is 5.92 Å². The van der Waals surface area contributed by atoms with Crippen LogP contribution in [0.1, 0.15) is 6.92 Å². The van der Waals surface area contributed by atoms with E-state index in [0.29, 0.717) is 13.2 Å². The Balaban J connectivity index is 3.01. The summed E-state index contributed by atoms with van der Waals surface area (Å²) in [6.07, 6.45) is 0. The fourth-order valence-corrected chi connectivity index (χ4v) is 2.54. The molecule has 0 saturated heterocycles. The number of alkyl halides is 3. The molecule has 0 amide bonds. The van der Waals surface area contributed by atoms with Gasteiger partial charge in [0.2, 0.25) is 0 Å². The summed E-state index contributed by atoms with van der Waals surface area (Å²) in [5.74, 6) is 0.0293. The second-order valence-electron chi connectivity index (χ2n) is 4.39. The van der Waals surface area contributed by atoms with Gasteiger partial charge in [0.1, 0.15) is 0 Å². The third-order valence-electron chi connectivity index (χ3n) is 2.57. The second-order valence-corrected chi connectivity index (χ2v) is 6.30. The monoisotopic (exact) mass is 311 g/mol. The number of methoxy groups -OCH3 is 1. The predicted molar refractivity (Wildman–Crippen MR) is 69.2 cm³/mol. The van der Waals surface area contributed by atoms with Crippen LogP contribution in [0.2, 0.25) is 0 Å². The molecule has 0 heterocycles. The summed E-state index contributed by atoms with van der Waals surface area (Å²) in [5, 5.41) is 2.72. The molecule has 0 aliphatic carbocycles. The van der Waals surface area contributed by atoms with Gasteiger partial charge in [0.05, 0.1) is 17.2 Å². The Bertz CT molecular complexity index is 543. The molecule has 0 aromatic heterocycles. The van der Waals surface area contributed by atoms with Crippen LogP contribution in [0.3, 0.4) is 0 Å². The van der Waals surface area contributed by atoms with E-state index in [1.54, 1.807) is 0 Å². The molecule has 1 atom stereocenters. The lowest BCUT2D eigenvalue weighted by atomic mass is 10.2. The Morgan fingerprint density at radius 1 is 1.30 bits per heavy atom. The van der Waals surface area contributed by atoms with E-state index in [4.69, 9.17) is 4.74 Å². The first-order chi connectivity index (χ1) is 9.20. The van der Waals surface area contributed by atoms with Crippen LogP contribution in [0.4, 0.5) is 18.9 Å². The first-order valence-electron chi connectivity index (χ1n) is 5.83. The molecule has 0 bridgehead atoms. The minimum Gasteiger partial charge on any atom is -0.384 e. The zero-order valence-electron chi connectivity index (χ0n) is 11.1. The predicted octanol–water partition coefficient (Wildman–Crippen LogP) is 2.67. The van der Waals surface area contributed by atoms with Crippen LogP contribution in [-0.2, 0) is 14.6 Å². The number of hydrogen-bond acceptors (Lipinski definition) is 4. The Labute approximate surface area is 115 Å². The Morgan fingerprint density at radius 2 is 1.90 bits per heavy atom. The van der Waals surface area contributed by atoms with Crippen molar-refractivity contribution in [3.63, 3.8) is 0 Å². The number of halogens is 3. The summed E-state index contributed by atoms with van der Waals surface area (Å²) in [7, 11) is -3.85. The number of para-hydroxylation sites is 1. The quantitative estimate of drug-likeness (QED) is 0.877. The van der Waals surface area contributed by atoms with E-state index >= 15 is 0 Å². The number of rotatable bonds is 6. The molecule has 1 N–H and O–H groups in total. The van der Waals surface area contributed by atoms with E-state index in [1.165, 1.54) is 25.3 Å². The van der Waals surface area contributed by atoms with E-state index in [9.17, 15) is 21.6 Å². The van der Waals surface area contributed by atoms with Gasteiger partial charge >= 0.3 is 5.51 Å². The molecule has 1 rings (SSSR count). The largest absolute Gasteiger partial charge is 0.501 e. The van der Waals surface area contributed by atoms with Crippen LogP contribution in [0.5, 0.6) is 0 Å². The third kappa shape index (κ3) is 3.86. The average Bonchev–Trinajstić information content (AvgIpc) is 2.35. The summed E-state index contributed by atoms with van der Waals surface area (Å²) in [4.78, 5) is -0.767. The van der Waals surface area contributed by atoms with Crippen molar-refractivity contribution in [2.24, 2.45) is 5.92 Å². The van der Waals surface area contributed by atoms with Gasteiger partial charge in [0.25, 0.3) is 9.84 Å². The summed E-state index contributed by atoms with van der Waals surface area (Å²) >= 11 is 0. The van der Waals surface area contributed by atoms with Gasteiger partial charge in [0.15, 0.2) is 0 Å². The van der Waals surface area contributed by atoms with Gasteiger partial charge in [-0.3, -0.25) is 0 Å². The SMILES string of the molecule is COCC(C)CNc1ccccc1S(=O)(=O)C(F)(F)F. The van der Waals surface area contributed by atoms with E-state index < -0.39 is 20.2 Å². The maximum Gasteiger partial charge on any atom is 0.501 e. The Hall–Kier alpha value is -1.28. The van der Waals surface area contributed by atoms with Crippen LogP contribution in [0.25, 0.3) is 0 Å². The van der Waals surface area contributed by atoms with Crippen molar-refractivity contribution in [3.05, 3.63) is 24.3 Å². The van der Waals surface area contributed by atoms with Crippen LogP contribution < -0.4 is 5.32 Å². The molecule has 8 heteroatoms. The number of ether oxygens (including phenoxy) is 1. The smallest absolute Gasteiger partial charge is 0.384 e. The fourth-order valence-electron chi connectivity index (χ4n) is 1.60. The maximum atomic E-state index is 12.6. The molecule has 0 aliphatic heterocycles. The van der Waals surface area contributed by atoms with E-state index in [0.717, 1.165) is 6.07 Å². The van der Waals surface area contributed by atoms with Gasteiger partial charge in [0, 0.05) is 13.7 Å². The van der Waals surface area contributed by atoms with E-state index in [-0.39, 0.29) is 11.6 Å². The third-order valence-corrected chi connectivity index (χ3v) is 4.12. The highest BCUT2D eigenvalue weighted by Crippen LogP contribution is 2.34. The summed E-state index contributed by atoms with van der Waals surface area (Å²) < 4.78 is 65.6. The van der Waals surface area contributed by atoms with Gasteiger partial charge in [-0.15, -0.1) is 0 Å². The van der Waals surface area contributed by atoms with E-state index in [2.05, 4.69) is 5.32 Å². The molecular weight excluding hydrogens is 295 g/mol. The van der Waals surface area contributed by atoms with Crippen molar-refractivity contribution >= 4 is 15.5 Å². The topological polar surface area (TPSA) is 55.4 Å². The normalized spacial score (nSPS) is 14.1. The molecule has 114 valence electrons. The van der Waals surface area contributed by atoms with Crippen LogP contribution in [-0.4, -0.2) is 34.2 Å². The Kier molecular flexibility index (Phi) is 5.41. The second kappa shape index (κ2) is 6.45. The lowest BCUT2D eigenvalue weighted by Gasteiger charge is -2.16. The molecule has 4 nitrogen and oxygen atoms in total. The van der Waals surface area contributed by atoms with E-state index in [1.807, 2.05) is 6.92 Å². The first kappa shape index (κ1) is 16.8. The molecular formula is C12H16F3NO3S. The zero-order valence-corrected chi connectivity index (χ0v) is 11.9. The summed E-state index contributed by atoms with van der Waals surface area (Å²) in [5.41, 5.74) is -5.38. The Morgan fingerprint density at radius 3 is 2.45 bits per heavy atom. The van der Waals surface area contributed by atoms with Crippen molar-refractivity contribution in [3.8, 4) is 0 Å². The van der Waals surface area contributed by atoms with Crippen LogP contribution in [0.15, 0.2) is 29.2 Å². The lowest BCUT2D eigenvalue weighted by Crippen LogP contribution is -2.25. The molecule has 0 aliphatic rings. The highest BCUT2D eigenvalue weighted by Gasteiger charge is 2.47. The van der Waals surface area contributed by atoms with Gasteiger partial charge in [-0.1, -0.05) is 19.1 Å². The van der Waals surface area contributed by atoms with Crippen molar-refractivity contribution in [2.45, 2.75) is 17.3 Å². The molecule has 0 spiro atoms. The first-order valence-corrected chi connectivity index (χ1v) is 7.31. The molecule has 0 radical (unpaired) electrons. The molecule has 1 aromatic rings. The maximum absolute atomic E-state index is 12.6. The molecule has 1 unspecified atom stereocenters. The number of nitrogens with one attached hydrogen (secondary N) is 1. The summed E-state index contributed by atoms with van der Waals surface area (Å²) in [6.45, 7) is 2.55. The molecule has 0 fully saturated rings. The highest BCUT2D eigenvalue weighted by molar-refractivity contribution is 7.92. The number of hydrogen-bond donors (Lipinski definition) is 1. The highest BCUT2D eigenvalue weighted by atomic mass is 32.2. The van der Waals surface area contributed by atoms with Crippen molar-refractivity contribution in [1.29, 1.82) is 0 Å². The zero-order chi connectivity index (χ0) is 15.4. The van der Waals surface area contributed by atoms with Crippen molar-refractivity contribution in [2.75, 3.05) is 25.6 Å². The van der Waals surface area contributed by atoms with Crippen molar-refractivity contribution < 1.29 is 26.3 Å². The van der Waals surface area contributed by atoms with Gasteiger partial charge in [-0.05, 0) is 18.1 Å². The average molecular weight is 311 g/mol. The minimum absolute atomic E-state index is 0.0293. The summed E-state index contributed by atoms with van der Waals surface area (Å²) in [6, 6.07) is 4.96. The number of benzene rings is 1. The minimum atomic E-state index is -5.36. The van der Waals surface area contributed by atoms with Gasteiger partial charge < -0.3 is 10.1 Å². The fraction of sp³-hybridized carbons (Fsp3) is 0.500. The molecule has 1 aromatic carbocycles. The molecule has 20 heavy (non-hydrogen) atoms. The van der Waals surface area contributed by atoms with Crippen LogP contribution >= 0.6 is 0 Å². The standard InChI is InChI=1S/C12H16F3NO3S/c1-9(8-19-2)7-16-10-5-3-4-6-11(10)20(17,18)12(13,14)15/h3-6,9,16H,7-8H2,1-2H3.